The van der Waals surface area contributed by atoms with Crippen LogP contribution in [-0.4, -0.2) is 46.9 Å². The highest BCUT2D eigenvalue weighted by molar-refractivity contribution is 6.07. The van der Waals surface area contributed by atoms with E-state index < -0.39 is 25.0 Å². The van der Waals surface area contributed by atoms with E-state index in [9.17, 15) is 19.2 Å². The van der Waals surface area contributed by atoms with Crippen LogP contribution in [-0.2, 0) is 23.9 Å². The molecule has 2 fully saturated rings. The van der Waals surface area contributed by atoms with E-state index in [0.29, 0.717) is 18.5 Å². The second-order valence-electron chi connectivity index (χ2n) is 7.24. The van der Waals surface area contributed by atoms with Crippen LogP contribution in [0.3, 0.4) is 0 Å². The van der Waals surface area contributed by atoms with Gasteiger partial charge in [0, 0.05) is 6.07 Å². The zero-order chi connectivity index (χ0) is 19.6. The number of hydrogen-bond donors (Lipinski definition) is 1. The van der Waals surface area contributed by atoms with Gasteiger partial charge in [-0.2, -0.15) is 0 Å². The van der Waals surface area contributed by atoms with E-state index in [2.05, 4.69) is 10.5 Å². The minimum absolute atomic E-state index is 0.149. The van der Waals surface area contributed by atoms with Crippen LogP contribution >= 0.6 is 0 Å². The van der Waals surface area contributed by atoms with Crippen LogP contribution in [0.1, 0.15) is 51.1 Å². The molecule has 1 aromatic heterocycles. The lowest BCUT2D eigenvalue weighted by Crippen LogP contribution is -2.37. The van der Waals surface area contributed by atoms with Crippen molar-refractivity contribution in [3.63, 3.8) is 0 Å². The van der Waals surface area contributed by atoms with Gasteiger partial charge < -0.3 is 9.26 Å². The number of fused-ring (bicyclic) bond motifs is 1. The maximum Gasteiger partial charge on any atom is 0.326 e. The number of rotatable bonds is 6. The molecule has 2 heterocycles. The summed E-state index contributed by atoms with van der Waals surface area (Å²) in [6.45, 7) is 2.86. The summed E-state index contributed by atoms with van der Waals surface area (Å²) in [5.41, 5.74) is 0.690. The third-order valence-corrected chi connectivity index (χ3v) is 4.97. The van der Waals surface area contributed by atoms with Gasteiger partial charge in [0.05, 0.1) is 17.5 Å². The van der Waals surface area contributed by atoms with Gasteiger partial charge in [0.1, 0.15) is 6.54 Å². The van der Waals surface area contributed by atoms with Gasteiger partial charge in [-0.1, -0.05) is 31.8 Å². The van der Waals surface area contributed by atoms with Crippen molar-refractivity contribution in [2.75, 3.05) is 18.5 Å². The number of imide groups is 1. The molecule has 146 valence electrons. The first-order chi connectivity index (χ1) is 12.9. The highest BCUT2D eigenvalue weighted by Crippen LogP contribution is 2.37. The van der Waals surface area contributed by atoms with E-state index in [0.717, 1.165) is 17.7 Å². The predicted molar refractivity (Wildman–Crippen MR) is 92.3 cm³/mol. The molecule has 3 amide bonds. The minimum Gasteiger partial charge on any atom is -0.454 e. The molecule has 0 unspecified atom stereocenters. The highest BCUT2D eigenvalue weighted by Gasteiger charge is 2.48. The summed E-state index contributed by atoms with van der Waals surface area (Å²) in [6, 6.07) is 1.59. The number of nitrogens with zero attached hydrogens (tertiary/aromatic N) is 2. The molecule has 0 aromatic carbocycles. The zero-order valence-electron chi connectivity index (χ0n) is 15.4. The van der Waals surface area contributed by atoms with Gasteiger partial charge in [-0.3, -0.25) is 29.4 Å². The fourth-order valence-electron chi connectivity index (χ4n) is 3.50. The zero-order valence-corrected chi connectivity index (χ0v) is 15.4. The number of anilines is 1. The molecule has 9 nitrogen and oxygen atoms in total. The Morgan fingerprint density at radius 2 is 1.89 bits per heavy atom. The molecule has 0 spiro atoms. The Kier molecular flexibility index (Phi) is 5.57. The average molecular weight is 377 g/mol. The number of amides is 3. The Balaban J connectivity index is 1.47. The van der Waals surface area contributed by atoms with E-state index in [4.69, 9.17) is 9.26 Å². The predicted octanol–water partition coefficient (Wildman–Crippen LogP) is 1.45. The quantitative estimate of drug-likeness (QED) is 0.589. The number of likely N-dealkylation sites (tertiary alicyclic amines) is 1. The Morgan fingerprint density at radius 3 is 2.44 bits per heavy atom. The van der Waals surface area contributed by atoms with Crippen LogP contribution in [0.25, 0.3) is 0 Å². The maximum absolute atomic E-state index is 12.3. The van der Waals surface area contributed by atoms with Crippen LogP contribution < -0.4 is 5.32 Å². The molecular weight excluding hydrogens is 354 g/mol. The summed E-state index contributed by atoms with van der Waals surface area (Å²) in [6.07, 6.45) is 3.19. The van der Waals surface area contributed by atoms with Gasteiger partial charge in [0.25, 0.3) is 5.91 Å². The standard InChI is InChI=1S/C18H23N3O6/c1-10(2)13-7-15(27-20-13)19-14(22)9-26-16(23)8-21-17(24)11-5-3-4-6-12(11)18(21)25/h7,10-12H,3-6,8-9H2,1-2H3,(H,19,22)/t11-,12-/m0/s1. The van der Waals surface area contributed by atoms with Gasteiger partial charge in [-0.15, -0.1) is 0 Å². The molecule has 1 N–H and O–H groups in total. The van der Waals surface area contributed by atoms with Gasteiger partial charge in [0.2, 0.25) is 17.7 Å². The Hall–Kier alpha value is -2.71. The molecular formula is C18H23N3O6. The topological polar surface area (TPSA) is 119 Å². The van der Waals surface area contributed by atoms with Crippen molar-refractivity contribution < 1.29 is 28.4 Å². The molecule has 9 heteroatoms. The average Bonchev–Trinajstić information content (AvgIpc) is 3.20. The lowest BCUT2D eigenvalue weighted by molar-refractivity contribution is -0.154. The first-order valence-corrected chi connectivity index (χ1v) is 9.14. The lowest BCUT2D eigenvalue weighted by Gasteiger charge is -2.19. The van der Waals surface area contributed by atoms with Crippen LogP contribution in [0.4, 0.5) is 5.88 Å². The summed E-state index contributed by atoms with van der Waals surface area (Å²) in [5, 5.41) is 6.24. The lowest BCUT2D eigenvalue weighted by atomic mass is 9.81. The molecule has 2 atom stereocenters. The minimum atomic E-state index is -0.800. The smallest absolute Gasteiger partial charge is 0.326 e. The summed E-state index contributed by atoms with van der Waals surface area (Å²) in [4.78, 5) is 49.4. The van der Waals surface area contributed by atoms with Crippen LogP contribution in [0.2, 0.25) is 0 Å². The van der Waals surface area contributed by atoms with Crippen molar-refractivity contribution in [2.45, 2.75) is 45.4 Å². The molecule has 3 rings (SSSR count). The Labute approximate surface area is 156 Å². The molecule has 1 saturated carbocycles. The molecule has 1 saturated heterocycles. The molecule has 27 heavy (non-hydrogen) atoms. The molecule has 1 aliphatic heterocycles. The van der Waals surface area contributed by atoms with Crippen LogP contribution in [0, 0.1) is 11.8 Å². The molecule has 1 aliphatic carbocycles. The largest absolute Gasteiger partial charge is 0.454 e. The number of ether oxygens (including phenoxy) is 1. The van der Waals surface area contributed by atoms with Crippen molar-refractivity contribution in [3.05, 3.63) is 11.8 Å². The fraction of sp³-hybridized carbons (Fsp3) is 0.611. The number of nitrogens with one attached hydrogen (secondary N) is 1. The van der Waals surface area contributed by atoms with Gasteiger partial charge >= 0.3 is 5.97 Å². The third kappa shape index (κ3) is 4.17. The van der Waals surface area contributed by atoms with Crippen molar-refractivity contribution in [3.8, 4) is 0 Å². The number of carbonyl (C=O) groups is 4. The first kappa shape index (κ1) is 19.1. The summed E-state index contributed by atoms with van der Waals surface area (Å²) in [7, 11) is 0. The molecule has 2 aliphatic rings. The van der Waals surface area contributed by atoms with E-state index >= 15 is 0 Å². The highest BCUT2D eigenvalue weighted by atomic mass is 16.5. The third-order valence-electron chi connectivity index (χ3n) is 4.97. The first-order valence-electron chi connectivity index (χ1n) is 9.14. The van der Waals surface area contributed by atoms with Crippen LogP contribution in [0.15, 0.2) is 10.6 Å². The second-order valence-corrected chi connectivity index (χ2v) is 7.24. The normalized spacial score (nSPS) is 22.1. The summed E-state index contributed by atoms with van der Waals surface area (Å²) >= 11 is 0. The van der Waals surface area contributed by atoms with Crippen molar-refractivity contribution in [1.29, 1.82) is 0 Å². The maximum atomic E-state index is 12.3. The number of hydrogen-bond acceptors (Lipinski definition) is 7. The Morgan fingerprint density at radius 1 is 1.26 bits per heavy atom. The SMILES string of the molecule is CC(C)c1cc(NC(=O)COC(=O)CN2C(=O)[C@H]3CCCC[C@@H]3C2=O)on1. The second kappa shape index (κ2) is 7.89. The van der Waals surface area contributed by atoms with Gasteiger partial charge in [-0.05, 0) is 18.8 Å². The van der Waals surface area contributed by atoms with Gasteiger partial charge in [-0.25, -0.2) is 0 Å². The van der Waals surface area contributed by atoms with Crippen molar-refractivity contribution in [2.24, 2.45) is 11.8 Å². The number of aromatic nitrogens is 1. The summed E-state index contributed by atoms with van der Waals surface area (Å²) in [5.74, 6) is -2.34. The van der Waals surface area contributed by atoms with Crippen molar-refractivity contribution in [1.82, 2.24) is 10.1 Å². The Bertz CT molecular complexity index is 732. The van der Waals surface area contributed by atoms with Crippen molar-refractivity contribution >= 4 is 29.6 Å². The van der Waals surface area contributed by atoms with Crippen LogP contribution in [0.5, 0.6) is 0 Å². The number of carbonyl (C=O) groups excluding carboxylic acids is 4. The number of esters is 1. The molecule has 0 radical (unpaired) electrons. The molecule has 0 bridgehead atoms. The monoisotopic (exact) mass is 377 g/mol. The van der Waals surface area contributed by atoms with E-state index in [1.807, 2.05) is 13.8 Å². The van der Waals surface area contributed by atoms with E-state index in [1.165, 1.54) is 0 Å². The van der Waals surface area contributed by atoms with E-state index in [-0.39, 0.29) is 35.5 Å². The van der Waals surface area contributed by atoms with Gasteiger partial charge in [0.15, 0.2) is 6.61 Å². The van der Waals surface area contributed by atoms with E-state index in [1.54, 1.807) is 6.07 Å². The molecule has 1 aromatic rings. The fourth-order valence-corrected chi connectivity index (χ4v) is 3.50. The summed E-state index contributed by atoms with van der Waals surface area (Å²) < 4.78 is 9.86.